The van der Waals surface area contributed by atoms with E-state index in [9.17, 15) is 9.90 Å². The summed E-state index contributed by atoms with van der Waals surface area (Å²) in [4.78, 5) is 12.1. The normalized spacial score (nSPS) is 13.6. The third kappa shape index (κ3) is 2.70. The Morgan fingerprint density at radius 2 is 1.81 bits per heavy atom. The van der Waals surface area contributed by atoms with E-state index in [-0.39, 0.29) is 5.78 Å². The summed E-state index contributed by atoms with van der Waals surface area (Å²) < 4.78 is 0. The molecule has 0 radical (unpaired) electrons. The Hall–Kier alpha value is -1.15. The Kier molecular flexibility index (Phi) is 3.54. The number of benzene rings is 1. The molecule has 1 aromatic carbocycles. The van der Waals surface area contributed by atoms with Crippen LogP contribution in [0.25, 0.3) is 0 Å². The molecular formula is C14H20O2. The van der Waals surface area contributed by atoms with Crippen molar-refractivity contribution < 1.29 is 9.90 Å². The third-order valence-electron chi connectivity index (χ3n) is 2.73. The van der Waals surface area contributed by atoms with Gasteiger partial charge in [-0.15, -0.1) is 0 Å². The van der Waals surface area contributed by atoms with Crippen LogP contribution in [-0.4, -0.2) is 17.0 Å². The lowest BCUT2D eigenvalue weighted by molar-refractivity contribution is 0.0442. The van der Waals surface area contributed by atoms with Crippen LogP contribution in [0.4, 0.5) is 0 Å². The Balaban J connectivity index is 3.10. The van der Waals surface area contributed by atoms with Gasteiger partial charge in [-0.1, -0.05) is 38.5 Å². The van der Waals surface area contributed by atoms with Gasteiger partial charge < -0.3 is 5.11 Å². The molecule has 1 unspecified atom stereocenters. The molecule has 0 aromatic heterocycles. The number of carbonyl (C=O) groups excluding carboxylic acids is 1. The molecule has 0 amide bonds. The average Bonchev–Trinajstić information content (AvgIpc) is 2.18. The second-order valence-corrected chi connectivity index (χ2v) is 5.45. The first-order chi connectivity index (χ1) is 7.23. The summed E-state index contributed by atoms with van der Waals surface area (Å²) >= 11 is 0. The molecule has 0 aliphatic heterocycles. The first-order valence-electron chi connectivity index (χ1n) is 5.53. The van der Waals surface area contributed by atoms with Crippen LogP contribution >= 0.6 is 0 Å². The SMILES string of the molecule is Cc1ccc(C)c(C(=O)C(O)C(C)(C)C)c1. The largest absolute Gasteiger partial charge is 0.384 e. The van der Waals surface area contributed by atoms with Crippen LogP contribution in [-0.2, 0) is 0 Å². The molecule has 1 atom stereocenters. The lowest BCUT2D eigenvalue weighted by atomic mass is 9.83. The number of ketones is 1. The van der Waals surface area contributed by atoms with E-state index in [1.165, 1.54) is 0 Å². The van der Waals surface area contributed by atoms with Gasteiger partial charge in [-0.3, -0.25) is 4.79 Å². The van der Waals surface area contributed by atoms with E-state index in [1.54, 1.807) is 0 Å². The summed E-state index contributed by atoms with van der Waals surface area (Å²) in [6.45, 7) is 9.42. The third-order valence-corrected chi connectivity index (χ3v) is 2.73. The molecule has 0 heterocycles. The molecule has 1 N–H and O–H groups in total. The van der Waals surface area contributed by atoms with Gasteiger partial charge in [0.1, 0.15) is 6.10 Å². The number of Topliss-reactive ketones (excluding diaryl/α,β-unsaturated/α-hetero) is 1. The maximum absolute atomic E-state index is 12.1. The van der Waals surface area contributed by atoms with Crippen molar-refractivity contribution in [3.05, 3.63) is 34.9 Å². The number of hydrogen-bond acceptors (Lipinski definition) is 2. The number of hydrogen-bond donors (Lipinski definition) is 1. The molecule has 16 heavy (non-hydrogen) atoms. The second-order valence-electron chi connectivity index (χ2n) is 5.45. The molecule has 88 valence electrons. The number of rotatable bonds is 2. The van der Waals surface area contributed by atoms with Crippen molar-refractivity contribution in [2.45, 2.75) is 40.7 Å². The zero-order valence-corrected chi connectivity index (χ0v) is 10.7. The van der Waals surface area contributed by atoms with E-state index in [1.807, 2.05) is 52.8 Å². The zero-order valence-electron chi connectivity index (χ0n) is 10.7. The fourth-order valence-corrected chi connectivity index (χ4v) is 1.54. The predicted molar refractivity (Wildman–Crippen MR) is 65.7 cm³/mol. The zero-order chi connectivity index (χ0) is 12.5. The van der Waals surface area contributed by atoms with Gasteiger partial charge in [-0.2, -0.15) is 0 Å². The molecule has 0 aliphatic rings. The Morgan fingerprint density at radius 3 is 2.31 bits per heavy atom. The van der Waals surface area contributed by atoms with E-state index in [4.69, 9.17) is 0 Å². The number of aliphatic hydroxyl groups is 1. The number of aryl methyl sites for hydroxylation is 2. The van der Waals surface area contributed by atoms with Gasteiger partial charge >= 0.3 is 0 Å². The summed E-state index contributed by atoms with van der Waals surface area (Å²) in [5.41, 5.74) is 2.16. The van der Waals surface area contributed by atoms with Crippen molar-refractivity contribution in [3.8, 4) is 0 Å². The van der Waals surface area contributed by atoms with E-state index >= 15 is 0 Å². The van der Waals surface area contributed by atoms with Crippen molar-refractivity contribution >= 4 is 5.78 Å². The predicted octanol–water partition coefficient (Wildman–Crippen LogP) is 2.89. The fraction of sp³-hybridized carbons (Fsp3) is 0.500. The standard InChI is InChI=1S/C14H20O2/c1-9-6-7-10(2)11(8-9)12(15)13(16)14(3,4)5/h6-8,13,16H,1-5H3. The summed E-state index contributed by atoms with van der Waals surface area (Å²) in [6.07, 6.45) is -0.951. The van der Waals surface area contributed by atoms with Crippen molar-refractivity contribution in [1.29, 1.82) is 0 Å². The average molecular weight is 220 g/mol. The topological polar surface area (TPSA) is 37.3 Å². The lowest BCUT2D eigenvalue weighted by Crippen LogP contribution is -2.34. The molecular weight excluding hydrogens is 200 g/mol. The summed E-state index contributed by atoms with van der Waals surface area (Å²) in [6, 6.07) is 5.72. The van der Waals surface area contributed by atoms with E-state index in [0.29, 0.717) is 5.56 Å². The molecule has 0 spiro atoms. The molecule has 2 nitrogen and oxygen atoms in total. The molecule has 1 rings (SSSR count). The van der Waals surface area contributed by atoms with Gasteiger partial charge in [0.15, 0.2) is 5.78 Å². The van der Waals surface area contributed by atoms with Crippen molar-refractivity contribution in [2.75, 3.05) is 0 Å². The van der Waals surface area contributed by atoms with Crippen LogP contribution in [0.3, 0.4) is 0 Å². The Labute approximate surface area is 97.3 Å². The minimum absolute atomic E-state index is 0.186. The minimum atomic E-state index is -0.951. The second kappa shape index (κ2) is 4.38. The Morgan fingerprint density at radius 1 is 1.25 bits per heavy atom. The molecule has 0 bridgehead atoms. The molecule has 2 heteroatoms. The van der Waals surface area contributed by atoms with Crippen LogP contribution in [0.5, 0.6) is 0 Å². The van der Waals surface area contributed by atoms with Gasteiger partial charge in [0, 0.05) is 5.56 Å². The Bertz CT molecular complexity index is 400. The summed E-state index contributed by atoms with van der Waals surface area (Å²) in [5.74, 6) is -0.186. The summed E-state index contributed by atoms with van der Waals surface area (Å²) in [5, 5.41) is 9.97. The highest BCUT2D eigenvalue weighted by atomic mass is 16.3. The maximum atomic E-state index is 12.1. The first kappa shape index (κ1) is 12.9. The smallest absolute Gasteiger partial charge is 0.192 e. The molecule has 0 aliphatic carbocycles. The molecule has 1 aromatic rings. The highest BCUT2D eigenvalue weighted by molar-refractivity contribution is 6.01. The van der Waals surface area contributed by atoms with E-state index < -0.39 is 11.5 Å². The van der Waals surface area contributed by atoms with Gasteiger partial charge in [0.05, 0.1) is 0 Å². The van der Waals surface area contributed by atoms with Crippen LogP contribution < -0.4 is 0 Å². The van der Waals surface area contributed by atoms with Crippen LogP contribution in [0, 0.1) is 19.3 Å². The quantitative estimate of drug-likeness (QED) is 0.778. The van der Waals surface area contributed by atoms with Gasteiger partial charge in [-0.25, -0.2) is 0 Å². The minimum Gasteiger partial charge on any atom is -0.384 e. The monoisotopic (exact) mass is 220 g/mol. The molecule has 0 fully saturated rings. The highest BCUT2D eigenvalue weighted by Gasteiger charge is 2.30. The van der Waals surface area contributed by atoms with Crippen molar-refractivity contribution in [3.63, 3.8) is 0 Å². The highest BCUT2D eigenvalue weighted by Crippen LogP contribution is 2.24. The fourth-order valence-electron chi connectivity index (χ4n) is 1.54. The van der Waals surface area contributed by atoms with E-state index in [0.717, 1.165) is 11.1 Å². The summed E-state index contributed by atoms with van der Waals surface area (Å²) in [7, 11) is 0. The van der Waals surface area contributed by atoms with Crippen molar-refractivity contribution in [1.82, 2.24) is 0 Å². The lowest BCUT2D eigenvalue weighted by Gasteiger charge is -2.25. The van der Waals surface area contributed by atoms with Crippen molar-refractivity contribution in [2.24, 2.45) is 5.41 Å². The van der Waals surface area contributed by atoms with Gasteiger partial charge in [-0.05, 0) is 30.9 Å². The van der Waals surface area contributed by atoms with Crippen LogP contribution in [0.15, 0.2) is 18.2 Å². The van der Waals surface area contributed by atoms with Crippen LogP contribution in [0.1, 0.15) is 42.3 Å². The van der Waals surface area contributed by atoms with Gasteiger partial charge in [0.2, 0.25) is 0 Å². The first-order valence-corrected chi connectivity index (χ1v) is 5.53. The maximum Gasteiger partial charge on any atom is 0.192 e. The van der Waals surface area contributed by atoms with Gasteiger partial charge in [0.25, 0.3) is 0 Å². The molecule has 0 saturated carbocycles. The number of carbonyl (C=O) groups is 1. The van der Waals surface area contributed by atoms with E-state index in [2.05, 4.69) is 0 Å². The number of aliphatic hydroxyl groups excluding tert-OH is 1. The van der Waals surface area contributed by atoms with Crippen LogP contribution in [0.2, 0.25) is 0 Å². The molecule has 0 saturated heterocycles.